The Hall–Kier alpha value is -3.67. The molecule has 0 amide bonds. The average molecular weight is 931 g/mol. The van der Waals surface area contributed by atoms with E-state index in [-0.39, 0.29) is 31.1 Å². The van der Waals surface area contributed by atoms with Gasteiger partial charge in [-0.15, -0.1) is 0 Å². The molecule has 0 saturated carbocycles. The zero-order valence-corrected chi connectivity index (χ0v) is 43.6. The van der Waals surface area contributed by atoms with E-state index in [1.54, 1.807) is 0 Å². The van der Waals surface area contributed by atoms with E-state index in [2.05, 4.69) is 118 Å². The second kappa shape index (κ2) is 54.9. The Labute approximate surface area is 413 Å². The molecule has 1 atom stereocenters. The van der Waals surface area contributed by atoms with Crippen molar-refractivity contribution in [2.24, 2.45) is 0 Å². The first-order chi connectivity index (χ1) is 33.0. The summed E-state index contributed by atoms with van der Waals surface area (Å²) in [7, 11) is 0. The number of carbonyl (C=O) groups is 3. The molecule has 1 unspecified atom stereocenters. The molecule has 0 aliphatic rings. The summed E-state index contributed by atoms with van der Waals surface area (Å²) in [5.41, 5.74) is 0. The third-order valence-corrected chi connectivity index (χ3v) is 11.5. The van der Waals surface area contributed by atoms with Crippen LogP contribution in [-0.4, -0.2) is 37.2 Å². The minimum absolute atomic E-state index is 0.0973. The summed E-state index contributed by atoms with van der Waals surface area (Å²) in [6.07, 6.45) is 72.5. The fraction of sp³-hybridized carbons (Fsp3) is 0.689. The monoisotopic (exact) mass is 931 g/mol. The maximum absolute atomic E-state index is 12.8. The molecule has 6 heteroatoms. The summed E-state index contributed by atoms with van der Waals surface area (Å²) in [5.74, 6) is -0.944. The lowest BCUT2D eigenvalue weighted by Crippen LogP contribution is -2.30. The van der Waals surface area contributed by atoms with Crippen LogP contribution in [0.5, 0.6) is 0 Å². The van der Waals surface area contributed by atoms with Crippen molar-refractivity contribution in [1.29, 1.82) is 0 Å². The van der Waals surface area contributed by atoms with E-state index in [1.165, 1.54) is 83.5 Å². The molecule has 0 aromatic rings. The highest BCUT2D eigenvalue weighted by Crippen LogP contribution is 2.13. The molecule has 0 N–H and O–H groups in total. The van der Waals surface area contributed by atoms with E-state index in [9.17, 15) is 14.4 Å². The van der Waals surface area contributed by atoms with Crippen LogP contribution in [0.3, 0.4) is 0 Å². The van der Waals surface area contributed by atoms with Gasteiger partial charge in [0.1, 0.15) is 13.2 Å². The Kier molecular flexibility index (Phi) is 51.9. The van der Waals surface area contributed by atoms with Gasteiger partial charge in [0.2, 0.25) is 0 Å². The quantitative estimate of drug-likeness (QED) is 0.0262. The number of ether oxygens (including phenoxy) is 3. The molecule has 0 rings (SSSR count). The van der Waals surface area contributed by atoms with Crippen LogP contribution in [0.25, 0.3) is 0 Å². The lowest BCUT2D eigenvalue weighted by atomic mass is 10.1. The number of allylic oxidation sites excluding steroid dienone is 16. The Morgan fingerprint density at radius 2 is 0.597 bits per heavy atom. The highest BCUT2D eigenvalue weighted by Gasteiger charge is 2.19. The van der Waals surface area contributed by atoms with E-state index in [0.29, 0.717) is 19.3 Å². The van der Waals surface area contributed by atoms with Crippen LogP contribution in [0.15, 0.2) is 97.2 Å². The number of unbranched alkanes of at least 4 members (excludes halogenated alkanes) is 22. The zero-order valence-electron chi connectivity index (χ0n) is 43.6. The Morgan fingerprint density at radius 1 is 0.313 bits per heavy atom. The molecule has 0 heterocycles. The second-order valence-corrected chi connectivity index (χ2v) is 18.1. The first-order valence-corrected chi connectivity index (χ1v) is 27.7. The van der Waals surface area contributed by atoms with Crippen molar-refractivity contribution in [3.05, 3.63) is 97.2 Å². The van der Waals surface area contributed by atoms with E-state index in [0.717, 1.165) is 128 Å². The molecule has 382 valence electrons. The normalized spacial score (nSPS) is 12.8. The van der Waals surface area contributed by atoms with Gasteiger partial charge in [0, 0.05) is 19.3 Å². The minimum atomic E-state index is -0.800. The largest absolute Gasteiger partial charge is 0.462 e. The third-order valence-electron chi connectivity index (χ3n) is 11.5. The first-order valence-electron chi connectivity index (χ1n) is 27.7. The van der Waals surface area contributed by atoms with Gasteiger partial charge in [0.25, 0.3) is 0 Å². The number of hydrogen-bond acceptors (Lipinski definition) is 6. The van der Waals surface area contributed by atoms with Gasteiger partial charge in [0.15, 0.2) is 6.10 Å². The Balaban J connectivity index is 4.42. The van der Waals surface area contributed by atoms with Crippen LogP contribution in [-0.2, 0) is 28.6 Å². The van der Waals surface area contributed by atoms with Gasteiger partial charge >= 0.3 is 17.9 Å². The smallest absolute Gasteiger partial charge is 0.306 e. The zero-order chi connectivity index (χ0) is 48.6. The van der Waals surface area contributed by atoms with E-state index < -0.39 is 6.10 Å². The molecule has 0 aromatic carbocycles. The van der Waals surface area contributed by atoms with E-state index >= 15 is 0 Å². The summed E-state index contributed by atoms with van der Waals surface area (Å²) in [5, 5.41) is 0. The summed E-state index contributed by atoms with van der Waals surface area (Å²) in [4.78, 5) is 38.1. The van der Waals surface area contributed by atoms with Crippen molar-refractivity contribution in [2.45, 2.75) is 258 Å². The van der Waals surface area contributed by atoms with Crippen LogP contribution < -0.4 is 0 Å². The van der Waals surface area contributed by atoms with Crippen LogP contribution in [0, 0.1) is 0 Å². The van der Waals surface area contributed by atoms with Gasteiger partial charge in [-0.3, -0.25) is 14.4 Å². The number of rotatable bonds is 49. The van der Waals surface area contributed by atoms with Crippen LogP contribution in [0.4, 0.5) is 0 Å². The van der Waals surface area contributed by atoms with Gasteiger partial charge in [-0.25, -0.2) is 0 Å². The molecular formula is C61H102O6. The van der Waals surface area contributed by atoms with Crippen molar-refractivity contribution >= 4 is 17.9 Å². The topological polar surface area (TPSA) is 78.9 Å². The molecule has 0 aliphatic carbocycles. The van der Waals surface area contributed by atoms with Gasteiger partial charge in [-0.2, -0.15) is 0 Å². The average Bonchev–Trinajstić information content (AvgIpc) is 3.33. The van der Waals surface area contributed by atoms with Crippen molar-refractivity contribution in [3.63, 3.8) is 0 Å². The Morgan fingerprint density at radius 3 is 0.970 bits per heavy atom. The van der Waals surface area contributed by atoms with Crippen molar-refractivity contribution < 1.29 is 28.6 Å². The number of carbonyl (C=O) groups excluding carboxylic acids is 3. The SMILES string of the molecule is CC/C=C\C/C=C\C/C=C\C/C=C\CCCCCCC(=O)OC(COC(=O)CCCCCCC/C=C\CCCC)COC(=O)CCCCCCCC/C=C\C/C=C\C/C=C\CCCCCCC. The third kappa shape index (κ3) is 53.2. The number of esters is 3. The van der Waals surface area contributed by atoms with Crippen molar-refractivity contribution in [1.82, 2.24) is 0 Å². The van der Waals surface area contributed by atoms with Crippen molar-refractivity contribution in [2.75, 3.05) is 13.2 Å². The predicted molar refractivity (Wildman–Crippen MR) is 288 cm³/mol. The molecular weight excluding hydrogens is 829 g/mol. The molecule has 0 aromatic heterocycles. The minimum Gasteiger partial charge on any atom is -0.462 e. The lowest BCUT2D eigenvalue weighted by molar-refractivity contribution is -0.167. The maximum atomic E-state index is 12.8. The fourth-order valence-electron chi connectivity index (χ4n) is 7.36. The predicted octanol–water partition coefficient (Wildman–Crippen LogP) is 18.5. The Bertz CT molecular complexity index is 1350. The lowest BCUT2D eigenvalue weighted by Gasteiger charge is -2.18. The van der Waals surface area contributed by atoms with Gasteiger partial charge in [-0.05, 0) is 116 Å². The molecule has 0 spiro atoms. The standard InChI is InChI=1S/C61H102O6/c1-4-7-10-13-16-19-22-24-26-28-29-30-31-33-34-36-39-42-45-48-51-54-60(63)66-57-58(56-65-59(62)53-50-47-44-41-38-21-18-15-12-9-6-3)67-61(64)55-52-49-46-43-40-37-35-32-27-25-23-20-17-14-11-8-5-2/h8,11,15,17-18,20,22,24-25,27-29,31,33,35,37,58H,4-7,9-10,12-14,16,19,21,23,26,30,32,34,36,38-57H2,1-3H3/b11-8-,18-15-,20-17-,24-22-,27-25-,29-28-,33-31-,37-35-. The molecule has 0 aliphatic heterocycles. The van der Waals surface area contributed by atoms with Gasteiger partial charge in [-0.1, -0.05) is 214 Å². The molecule has 0 bridgehead atoms. The summed E-state index contributed by atoms with van der Waals surface area (Å²) >= 11 is 0. The summed E-state index contributed by atoms with van der Waals surface area (Å²) in [6.45, 7) is 6.43. The van der Waals surface area contributed by atoms with Crippen molar-refractivity contribution in [3.8, 4) is 0 Å². The summed E-state index contributed by atoms with van der Waals surface area (Å²) < 4.78 is 16.8. The molecule has 0 radical (unpaired) electrons. The van der Waals surface area contributed by atoms with E-state index in [1.807, 2.05) is 0 Å². The molecule has 0 saturated heterocycles. The fourth-order valence-corrected chi connectivity index (χ4v) is 7.36. The first kappa shape index (κ1) is 63.3. The highest BCUT2D eigenvalue weighted by molar-refractivity contribution is 5.71. The van der Waals surface area contributed by atoms with Gasteiger partial charge in [0.05, 0.1) is 0 Å². The number of hydrogen-bond donors (Lipinski definition) is 0. The van der Waals surface area contributed by atoms with Gasteiger partial charge < -0.3 is 14.2 Å². The molecule has 6 nitrogen and oxygen atoms in total. The van der Waals surface area contributed by atoms with Crippen LogP contribution in [0.2, 0.25) is 0 Å². The van der Waals surface area contributed by atoms with E-state index in [4.69, 9.17) is 14.2 Å². The highest BCUT2D eigenvalue weighted by atomic mass is 16.6. The maximum Gasteiger partial charge on any atom is 0.306 e. The second-order valence-electron chi connectivity index (χ2n) is 18.1. The van der Waals surface area contributed by atoms with Crippen LogP contribution in [0.1, 0.15) is 252 Å². The molecule has 67 heavy (non-hydrogen) atoms. The summed E-state index contributed by atoms with van der Waals surface area (Å²) in [6, 6.07) is 0. The van der Waals surface area contributed by atoms with Crippen LogP contribution >= 0.6 is 0 Å². The molecule has 0 fully saturated rings.